The van der Waals surface area contributed by atoms with Crippen LogP contribution in [0.3, 0.4) is 0 Å². The van der Waals surface area contributed by atoms with Crippen molar-refractivity contribution in [2.75, 3.05) is 6.61 Å². The summed E-state index contributed by atoms with van der Waals surface area (Å²) in [5.74, 6) is -4.22. The van der Waals surface area contributed by atoms with Crippen molar-refractivity contribution in [2.24, 2.45) is 11.1 Å². The van der Waals surface area contributed by atoms with E-state index in [1.807, 2.05) is 6.92 Å². The van der Waals surface area contributed by atoms with Gasteiger partial charge in [0.15, 0.2) is 0 Å². The molecule has 1 heterocycles. The van der Waals surface area contributed by atoms with Crippen LogP contribution >= 0.6 is 0 Å². The van der Waals surface area contributed by atoms with E-state index in [4.69, 9.17) is 20.5 Å². The van der Waals surface area contributed by atoms with Crippen molar-refractivity contribution < 1.29 is 41.5 Å². The second-order valence-corrected chi connectivity index (χ2v) is 7.00. The van der Waals surface area contributed by atoms with Gasteiger partial charge in [-0.25, -0.2) is 18.6 Å². The van der Waals surface area contributed by atoms with Crippen molar-refractivity contribution in [1.29, 1.82) is 0 Å². The first-order chi connectivity index (χ1) is 12.8. The van der Waals surface area contributed by atoms with Crippen LogP contribution < -0.4 is 5.73 Å². The number of hydrogen-bond acceptors (Lipinski definition) is 4. The lowest BCUT2D eigenvalue weighted by Crippen LogP contribution is -2.53. The highest BCUT2D eigenvalue weighted by molar-refractivity contribution is 5.83. The average Bonchev–Trinajstić information content (AvgIpc) is 3.01. The van der Waals surface area contributed by atoms with E-state index in [1.165, 1.54) is 17.2 Å². The molecule has 0 spiro atoms. The van der Waals surface area contributed by atoms with Gasteiger partial charge < -0.3 is 10.8 Å². The van der Waals surface area contributed by atoms with Crippen LogP contribution in [0, 0.1) is 17.0 Å². The number of amides is 1. The minimum absolute atomic E-state index is 0.0339. The van der Waals surface area contributed by atoms with Crippen LogP contribution in [0.2, 0.25) is 0 Å². The summed E-state index contributed by atoms with van der Waals surface area (Å²) in [6.07, 6.45) is -3.34. The Kier molecular flexibility index (Phi) is 6.29. The predicted molar refractivity (Wildman–Crippen MR) is 85.5 cm³/mol. The van der Waals surface area contributed by atoms with Crippen LogP contribution in [0.5, 0.6) is 0 Å². The smallest absolute Gasteiger partial charge is 0.475 e. The third-order valence-electron chi connectivity index (χ3n) is 4.56. The normalized spacial score (nSPS) is 26.9. The Hall–Kier alpha value is -2.27. The molecule has 1 atom stereocenters. The van der Waals surface area contributed by atoms with Gasteiger partial charge in [-0.3, -0.25) is 9.63 Å². The van der Waals surface area contributed by atoms with Gasteiger partial charge in [-0.05, 0) is 30.5 Å². The van der Waals surface area contributed by atoms with Crippen molar-refractivity contribution in [2.45, 2.75) is 44.4 Å². The van der Waals surface area contributed by atoms with Gasteiger partial charge in [-0.1, -0.05) is 6.92 Å². The van der Waals surface area contributed by atoms with Crippen LogP contribution in [0.25, 0.3) is 0 Å². The lowest BCUT2D eigenvalue weighted by atomic mass is 9.66. The maximum atomic E-state index is 13.4. The van der Waals surface area contributed by atoms with Gasteiger partial charge >= 0.3 is 12.1 Å². The molecule has 2 aliphatic rings. The first kappa shape index (κ1) is 22.0. The van der Waals surface area contributed by atoms with Gasteiger partial charge in [0.25, 0.3) is 5.91 Å². The lowest BCUT2D eigenvalue weighted by molar-refractivity contribution is -0.193. The number of nitrogens with zero attached hydrogens (tertiary/aromatic N) is 1. The molecule has 3 rings (SSSR count). The highest BCUT2D eigenvalue weighted by Crippen LogP contribution is 2.44. The first-order valence-electron chi connectivity index (χ1n) is 8.32. The fourth-order valence-corrected chi connectivity index (χ4v) is 3.28. The molecule has 156 valence electrons. The molecular formula is C17H19F5N2O4. The zero-order chi connectivity index (χ0) is 21.3. The number of benzene rings is 1. The number of carbonyl (C=O) groups excluding carboxylic acids is 1. The molecule has 28 heavy (non-hydrogen) atoms. The molecule has 1 aromatic rings. The molecule has 0 unspecified atom stereocenters. The molecule has 11 heteroatoms. The number of hydroxylamine groups is 2. The van der Waals surface area contributed by atoms with E-state index in [1.54, 1.807) is 0 Å². The second-order valence-electron chi connectivity index (χ2n) is 7.00. The van der Waals surface area contributed by atoms with E-state index in [-0.39, 0.29) is 11.9 Å². The number of alkyl halides is 3. The summed E-state index contributed by atoms with van der Waals surface area (Å²) in [5, 5.41) is 8.40. The summed E-state index contributed by atoms with van der Waals surface area (Å²) in [7, 11) is 0. The quantitative estimate of drug-likeness (QED) is 0.732. The Bertz CT molecular complexity index is 729. The molecule has 1 saturated heterocycles. The second kappa shape index (κ2) is 8.00. The maximum absolute atomic E-state index is 13.4. The number of aliphatic carboxylic acids is 1. The van der Waals surface area contributed by atoms with E-state index in [2.05, 4.69) is 0 Å². The number of halogens is 5. The van der Waals surface area contributed by atoms with Gasteiger partial charge in [0.2, 0.25) is 0 Å². The highest BCUT2D eigenvalue weighted by atomic mass is 19.4. The molecule has 1 amide bonds. The number of rotatable bonds is 2. The maximum Gasteiger partial charge on any atom is 0.490 e. The van der Waals surface area contributed by atoms with Crippen LogP contribution in [-0.4, -0.2) is 40.9 Å². The Morgan fingerprint density at radius 3 is 2.14 bits per heavy atom. The third-order valence-corrected chi connectivity index (χ3v) is 4.56. The summed E-state index contributed by atoms with van der Waals surface area (Å²) in [6.45, 7) is 2.21. The van der Waals surface area contributed by atoms with E-state index in [0.717, 1.165) is 6.07 Å². The summed E-state index contributed by atoms with van der Waals surface area (Å²) in [4.78, 5) is 26.9. The third kappa shape index (κ3) is 4.96. The summed E-state index contributed by atoms with van der Waals surface area (Å²) in [5.41, 5.74) is 5.65. The Labute approximate surface area is 157 Å². The van der Waals surface area contributed by atoms with Crippen molar-refractivity contribution in [3.63, 3.8) is 0 Å². The molecule has 1 aliphatic heterocycles. The first-order valence-corrected chi connectivity index (χ1v) is 8.32. The molecule has 6 nitrogen and oxygen atoms in total. The van der Waals surface area contributed by atoms with E-state index < -0.39 is 35.2 Å². The molecule has 0 aromatic heterocycles. The monoisotopic (exact) mass is 410 g/mol. The average molecular weight is 410 g/mol. The largest absolute Gasteiger partial charge is 0.490 e. The minimum Gasteiger partial charge on any atom is -0.475 e. The van der Waals surface area contributed by atoms with Gasteiger partial charge in [0.1, 0.15) is 11.6 Å². The van der Waals surface area contributed by atoms with Crippen molar-refractivity contribution >= 4 is 11.9 Å². The van der Waals surface area contributed by atoms with Crippen molar-refractivity contribution in [3.05, 3.63) is 35.4 Å². The Morgan fingerprint density at radius 2 is 1.71 bits per heavy atom. The van der Waals surface area contributed by atoms with Crippen LogP contribution in [-0.2, 0) is 14.4 Å². The van der Waals surface area contributed by atoms with E-state index in [0.29, 0.717) is 31.4 Å². The van der Waals surface area contributed by atoms with Gasteiger partial charge in [0, 0.05) is 18.5 Å². The molecule has 1 saturated carbocycles. The number of carboxylic acids is 1. The molecular weight excluding hydrogens is 391 g/mol. The topological polar surface area (TPSA) is 92.9 Å². The van der Waals surface area contributed by atoms with Crippen LogP contribution in [0.1, 0.15) is 37.8 Å². The van der Waals surface area contributed by atoms with E-state index in [9.17, 15) is 26.7 Å². The lowest BCUT2D eigenvalue weighted by Gasteiger charge is -2.44. The summed E-state index contributed by atoms with van der Waals surface area (Å²) in [6, 6.07) is 2.90. The molecule has 1 aliphatic carbocycles. The van der Waals surface area contributed by atoms with Gasteiger partial charge in [0.05, 0.1) is 18.1 Å². The standard InChI is InChI=1S/C15H18F2N2O2.C2HF3O2/c1-15(7-12(18)8-15)14(20)19-13(2-3-21-19)9-4-10(16)6-11(17)5-9;3-2(4,5)1(6)7/h4-6,12-13H,2-3,7-8,18H2,1H3;(H,6,7)/t12?,13-,15?;/m0./s1. The predicted octanol–water partition coefficient (Wildman–Crippen LogP) is 2.93. The summed E-state index contributed by atoms with van der Waals surface area (Å²) >= 11 is 0. The van der Waals surface area contributed by atoms with Crippen LogP contribution in [0.15, 0.2) is 18.2 Å². The molecule has 3 N–H and O–H groups in total. The molecule has 0 bridgehead atoms. The fourth-order valence-electron chi connectivity index (χ4n) is 3.28. The van der Waals surface area contributed by atoms with E-state index >= 15 is 0 Å². The summed E-state index contributed by atoms with van der Waals surface area (Å²) < 4.78 is 58.5. The Balaban J connectivity index is 0.000000345. The van der Waals surface area contributed by atoms with Crippen molar-refractivity contribution in [3.8, 4) is 0 Å². The van der Waals surface area contributed by atoms with Gasteiger partial charge in [-0.15, -0.1) is 0 Å². The zero-order valence-electron chi connectivity index (χ0n) is 14.8. The molecule has 0 radical (unpaired) electrons. The molecule has 2 fully saturated rings. The fraction of sp³-hybridized carbons (Fsp3) is 0.529. The number of carbonyl (C=O) groups is 2. The van der Waals surface area contributed by atoms with Gasteiger partial charge in [-0.2, -0.15) is 13.2 Å². The minimum atomic E-state index is -5.08. The Morgan fingerprint density at radius 1 is 1.21 bits per heavy atom. The highest BCUT2D eigenvalue weighted by Gasteiger charge is 2.49. The van der Waals surface area contributed by atoms with Crippen molar-refractivity contribution in [1.82, 2.24) is 5.06 Å². The van der Waals surface area contributed by atoms with Crippen LogP contribution in [0.4, 0.5) is 22.0 Å². The number of carboxylic acid groups (broad SMARTS) is 1. The zero-order valence-corrected chi connectivity index (χ0v) is 14.8. The SMILES string of the molecule is CC1(C(=O)N2OCC[C@H]2c2cc(F)cc(F)c2)CC(N)C1.O=C(O)C(F)(F)F. The number of nitrogens with two attached hydrogens (primary N) is 1. The molecule has 1 aromatic carbocycles. The number of hydrogen-bond donors (Lipinski definition) is 2.